The van der Waals surface area contributed by atoms with Gasteiger partial charge in [-0.05, 0) is 31.2 Å². The molecule has 0 saturated heterocycles. The summed E-state index contributed by atoms with van der Waals surface area (Å²) in [7, 11) is 0. The highest BCUT2D eigenvalue weighted by Gasteiger charge is 2.48. The highest BCUT2D eigenvalue weighted by atomic mass is 16.3. The van der Waals surface area contributed by atoms with Crippen molar-refractivity contribution >= 4 is 11.5 Å². The number of hydrogen-bond donors (Lipinski definition) is 1. The van der Waals surface area contributed by atoms with Gasteiger partial charge in [0, 0.05) is 17.2 Å². The Balaban J connectivity index is 2.31. The van der Waals surface area contributed by atoms with Crippen LogP contribution in [0.5, 0.6) is 0 Å². The summed E-state index contributed by atoms with van der Waals surface area (Å²) >= 11 is 0. The number of rotatable bonds is 5. The Morgan fingerprint density at radius 2 is 1.59 bits per heavy atom. The Morgan fingerprint density at radius 3 is 2.11 bits per heavy atom. The molecule has 0 bridgehead atoms. The molecule has 1 aromatic heterocycles. The van der Waals surface area contributed by atoms with Gasteiger partial charge in [-0.3, -0.25) is 9.59 Å². The van der Waals surface area contributed by atoms with E-state index in [1.807, 2.05) is 45.0 Å². The van der Waals surface area contributed by atoms with Crippen LogP contribution in [0.3, 0.4) is 0 Å². The Bertz CT molecular complexity index is 957. The van der Waals surface area contributed by atoms with Gasteiger partial charge in [0.1, 0.15) is 22.8 Å². The zero-order chi connectivity index (χ0) is 19.8. The third-order valence-corrected chi connectivity index (χ3v) is 5.82. The predicted octanol–water partition coefficient (Wildman–Crippen LogP) is 5.19. The van der Waals surface area contributed by atoms with Crippen molar-refractivity contribution < 1.29 is 14.3 Å². The van der Waals surface area contributed by atoms with Crippen molar-refractivity contribution in [2.24, 2.45) is 0 Å². The van der Waals surface area contributed by atoms with E-state index >= 15 is 0 Å². The van der Waals surface area contributed by atoms with Crippen LogP contribution in [0.4, 0.5) is 0 Å². The first-order valence-corrected chi connectivity index (χ1v) is 9.68. The second kappa shape index (κ2) is 7.18. The van der Waals surface area contributed by atoms with Crippen LogP contribution in [0.25, 0.3) is 17.1 Å². The second-order valence-corrected chi connectivity index (χ2v) is 7.03. The summed E-state index contributed by atoms with van der Waals surface area (Å²) in [4.78, 5) is 26.1. The maximum Gasteiger partial charge on any atom is 0.196 e. The van der Waals surface area contributed by atoms with Gasteiger partial charge in [0.25, 0.3) is 0 Å². The molecule has 142 valence electrons. The predicted molar refractivity (Wildman–Crippen MR) is 107 cm³/mol. The van der Waals surface area contributed by atoms with Gasteiger partial charge >= 0.3 is 0 Å². The van der Waals surface area contributed by atoms with Gasteiger partial charge in [0.15, 0.2) is 11.2 Å². The molecule has 1 aliphatic carbocycles. The van der Waals surface area contributed by atoms with Gasteiger partial charge in [-0.25, -0.2) is 0 Å². The third kappa shape index (κ3) is 2.84. The fraction of sp³-hybridized carbons (Fsp3) is 0.391. The van der Waals surface area contributed by atoms with Gasteiger partial charge < -0.3 is 9.52 Å². The summed E-state index contributed by atoms with van der Waals surface area (Å²) < 4.78 is 6.16. The lowest BCUT2D eigenvalue weighted by Gasteiger charge is -2.35. The normalized spacial score (nSPS) is 15.8. The Kier molecular flexibility index (Phi) is 5.09. The molecule has 0 fully saturated rings. The lowest BCUT2D eigenvalue weighted by Crippen LogP contribution is -2.41. The van der Waals surface area contributed by atoms with E-state index < -0.39 is 5.41 Å². The fourth-order valence-corrected chi connectivity index (χ4v) is 3.97. The number of ketones is 1. The number of carbonyl (C=O) groups is 1. The minimum absolute atomic E-state index is 0.137. The SMILES string of the molecule is CCC1=C(O)c2c(oc(-c3ccc(CC)cc3)cc2=O)C(CC)(CC)C1=O. The average Bonchev–Trinajstić information content (AvgIpc) is 2.69. The van der Waals surface area contributed by atoms with Gasteiger partial charge in [-0.15, -0.1) is 0 Å². The monoisotopic (exact) mass is 366 g/mol. The molecule has 0 atom stereocenters. The van der Waals surface area contributed by atoms with Crippen LogP contribution >= 0.6 is 0 Å². The first-order valence-electron chi connectivity index (χ1n) is 9.68. The molecule has 0 amide bonds. The summed E-state index contributed by atoms with van der Waals surface area (Å²) in [6, 6.07) is 9.25. The number of aliphatic hydroxyl groups is 1. The topological polar surface area (TPSA) is 67.5 Å². The first kappa shape index (κ1) is 19.2. The smallest absolute Gasteiger partial charge is 0.196 e. The van der Waals surface area contributed by atoms with E-state index in [4.69, 9.17) is 4.42 Å². The minimum atomic E-state index is -0.911. The molecule has 1 heterocycles. The van der Waals surface area contributed by atoms with Crippen LogP contribution in [-0.2, 0) is 16.6 Å². The van der Waals surface area contributed by atoms with Crippen LogP contribution in [0.15, 0.2) is 45.1 Å². The summed E-state index contributed by atoms with van der Waals surface area (Å²) in [5, 5.41) is 10.6. The molecule has 0 unspecified atom stereocenters. The zero-order valence-electron chi connectivity index (χ0n) is 16.4. The van der Waals surface area contributed by atoms with Crippen molar-refractivity contribution in [1.29, 1.82) is 0 Å². The number of carbonyl (C=O) groups excluding carboxylic acids is 1. The van der Waals surface area contributed by atoms with Crippen LogP contribution in [0.1, 0.15) is 63.8 Å². The largest absolute Gasteiger partial charge is 0.507 e. The quantitative estimate of drug-likeness (QED) is 0.791. The Labute approximate surface area is 159 Å². The molecule has 0 spiro atoms. The highest BCUT2D eigenvalue weighted by molar-refractivity contribution is 6.10. The maximum atomic E-state index is 13.2. The van der Waals surface area contributed by atoms with E-state index in [-0.39, 0.29) is 22.5 Å². The van der Waals surface area contributed by atoms with E-state index in [9.17, 15) is 14.7 Å². The molecule has 0 radical (unpaired) electrons. The molecular formula is C23H26O4. The van der Waals surface area contributed by atoms with Crippen LogP contribution in [0.2, 0.25) is 0 Å². The van der Waals surface area contributed by atoms with Crippen molar-refractivity contribution in [3.8, 4) is 11.3 Å². The van der Waals surface area contributed by atoms with Crippen LogP contribution < -0.4 is 5.43 Å². The maximum absolute atomic E-state index is 13.2. The highest BCUT2D eigenvalue weighted by Crippen LogP contribution is 2.44. The molecular weight excluding hydrogens is 340 g/mol. The Hall–Kier alpha value is -2.62. The zero-order valence-corrected chi connectivity index (χ0v) is 16.4. The third-order valence-electron chi connectivity index (χ3n) is 5.82. The molecule has 3 rings (SSSR count). The van der Waals surface area contributed by atoms with Gasteiger partial charge in [0.2, 0.25) is 0 Å². The second-order valence-electron chi connectivity index (χ2n) is 7.03. The van der Waals surface area contributed by atoms with Gasteiger partial charge in [0.05, 0.1) is 5.41 Å². The van der Waals surface area contributed by atoms with E-state index in [0.29, 0.717) is 36.4 Å². The van der Waals surface area contributed by atoms with Crippen LogP contribution in [0, 0.1) is 0 Å². The molecule has 4 heteroatoms. The van der Waals surface area contributed by atoms with Crippen molar-refractivity contribution in [1.82, 2.24) is 0 Å². The molecule has 0 aliphatic heterocycles. The molecule has 4 nitrogen and oxygen atoms in total. The number of Topliss-reactive ketones (excluding diaryl/α,β-unsaturated/α-hetero) is 1. The summed E-state index contributed by atoms with van der Waals surface area (Å²) in [6.45, 7) is 7.74. The van der Waals surface area contributed by atoms with E-state index in [2.05, 4.69) is 6.92 Å². The number of fused-ring (bicyclic) bond motifs is 1. The molecule has 2 aromatic rings. The van der Waals surface area contributed by atoms with Gasteiger partial charge in [-0.1, -0.05) is 52.0 Å². The van der Waals surface area contributed by atoms with Crippen LogP contribution in [-0.4, -0.2) is 10.9 Å². The number of aliphatic hydroxyl groups excluding tert-OH is 1. The number of benzene rings is 1. The number of allylic oxidation sites excluding steroid dienone is 1. The summed E-state index contributed by atoms with van der Waals surface area (Å²) in [5.74, 6) is 0.362. The summed E-state index contributed by atoms with van der Waals surface area (Å²) in [6.07, 6.45) is 2.32. The van der Waals surface area contributed by atoms with E-state index in [1.54, 1.807) is 0 Å². The van der Waals surface area contributed by atoms with Crippen molar-refractivity contribution in [3.63, 3.8) is 0 Å². The van der Waals surface area contributed by atoms with E-state index in [0.717, 1.165) is 12.0 Å². The average molecular weight is 366 g/mol. The first-order chi connectivity index (χ1) is 12.9. The molecule has 1 aliphatic rings. The van der Waals surface area contributed by atoms with E-state index in [1.165, 1.54) is 11.6 Å². The fourth-order valence-electron chi connectivity index (χ4n) is 3.97. The molecule has 1 N–H and O–H groups in total. The number of aryl methyl sites for hydroxylation is 1. The minimum Gasteiger partial charge on any atom is -0.507 e. The number of hydrogen-bond acceptors (Lipinski definition) is 4. The summed E-state index contributed by atoms with van der Waals surface area (Å²) in [5.41, 5.74) is 1.21. The molecule has 0 saturated carbocycles. The van der Waals surface area contributed by atoms with Crippen molar-refractivity contribution in [2.45, 2.75) is 58.8 Å². The standard InChI is InChI=1S/C23H26O4/c1-5-14-9-11-15(12-10-14)18-13-17(24)19-20(25)16(6-2)21(26)23(7-3,8-4)22(19)27-18/h9-13,25H,5-8H2,1-4H3. The van der Waals surface area contributed by atoms with Crippen molar-refractivity contribution in [2.75, 3.05) is 0 Å². The van der Waals surface area contributed by atoms with Crippen molar-refractivity contribution in [3.05, 3.63) is 63.0 Å². The lowest BCUT2D eigenvalue weighted by atomic mass is 9.68. The Morgan fingerprint density at radius 1 is 0.963 bits per heavy atom. The lowest BCUT2D eigenvalue weighted by molar-refractivity contribution is -0.122. The molecule has 1 aromatic carbocycles. The van der Waals surface area contributed by atoms with Gasteiger partial charge in [-0.2, -0.15) is 0 Å². The molecule has 27 heavy (non-hydrogen) atoms.